The molecule has 2 aromatic heterocycles. The van der Waals surface area contributed by atoms with E-state index in [-0.39, 0.29) is 32.9 Å². The highest BCUT2D eigenvalue weighted by atomic mass is 35.5. The van der Waals surface area contributed by atoms with Crippen LogP contribution in [0.2, 0.25) is 5.02 Å². The van der Waals surface area contributed by atoms with Crippen LogP contribution in [-0.2, 0) is 6.18 Å². The maximum Gasteiger partial charge on any atom is 0.417 e. The number of aromatic carboxylic acids is 1. The lowest BCUT2D eigenvalue weighted by atomic mass is 9.98. The number of aromatic nitrogens is 2. The molecule has 1 N–H and O–H groups in total. The largest absolute Gasteiger partial charge is 0.478 e. The van der Waals surface area contributed by atoms with Gasteiger partial charge in [0, 0.05) is 17.8 Å². The highest BCUT2D eigenvalue weighted by molar-refractivity contribution is 6.35. The smallest absolute Gasteiger partial charge is 0.417 e. The molecule has 0 spiro atoms. The molecule has 0 aliphatic rings. The highest BCUT2D eigenvalue weighted by Crippen LogP contribution is 2.37. The summed E-state index contributed by atoms with van der Waals surface area (Å²) >= 11 is 5.97. The molecule has 0 bridgehead atoms. The van der Waals surface area contributed by atoms with E-state index in [2.05, 4.69) is 4.98 Å². The van der Waals surface area contributed by atoms with Crippen LogP contribution in [0.5, 0.6) is 0 Å². The Morgan fingerprint density at radius 1 is 1.06 bits per heavy atom. The number of ketones is 1. The van der Waals surface area contributed by atoms with Crippen molar-refractivity contribution in [2.45, 2.75) is 6.18 Å². The van der Waals surface area contributed by atoms with E-state index >= 15 is 0 Å². The van der Waals surface area contributed by atoms with Gasteiger partial charge >= 0.3 is 12.1 Å². The Morgan fingerprint density at radius 3 is 2.47 bits per heavy atom. The van der Waals surface area contributed by atoms with Crippen molar-refractivity contribution in [2.24, 2.45) is 0 Å². The number of pyridine rings is 1. The van der Waals surface area contributed by atoms with Crippen LogP contribution in [0.4, 0.5) is 17.6 Å². The number of hydrogen-bond donors (Lipinski definition) is 1. The first-order valence-corrected chi connectivity index (χ1v) is 9.37. The van der Waals surface area contributed by atoms with Gasteiger partial charge in [-0.3, -0.25) is 9.36 Å². The summed E-state index contributed by atoms with van der Waals surface area (Å²) in [5, 5.41) is 8.82. The van der Waals surface area contributed by atoms with E-state index in [1.54, 1.807) is 0 Å². The first-order valence-electron chi connectivity index (χ1n) is 8.99. The number of carbonyl (C=O) groups is 2. The van der Waals surface area contributed by atoms with Crippen LogP contribution in [0, 0.1) is 5.82 Å². The van der Waals surface area contributed by atoms with Gasteiger partial charge in [0.05, 0.1) is 33.0 Å². The Hall–Kier alpha value is -3.72. The van der Waals surface area contributed by atoms with Gasteiger partial charge in [0.15, 0.2) is 5.78 Å². The summed E-state index contributed by atoms with van der Waals surface area (Å²) < 4.78 is 56.4. The zero-order valence-corrected chi connectivity index (χ0v) is 16.6. The van der Waals surface area contributed by atoms with Crippen molar-refractivity contribution < 1.29 is 32.3 Å². The van der Waals surface area contributed by atoms with Crippen molar-refractivity contribution in [1.29, 1.82) is 0 Å². The maximum atomic E-state index is 14.7. The second kappa shape index (κ2) is 7.76. The number of carbonyl (C=O) groups excluding carboxylic acids is 1. The Kier molecular flexibility index (Phi) is 5.21. The topological polar surface area (TPSA) is 72.2 Å². The third-order valence-corrected chi connectivity index (χ3v) is 5.12. The van der Waals surface area contributed by atoms with E-state index in [9.17, 15) is 27.2 Å². The molecule has 5 nitrogen and oxygen atoms in total. The van der Waals surface area contributed by atoms with Gasteiger partial charge in [-0.25, -0.2) is 14.2 Å². The van der Waals surface area contributed by atoms with Gasteiger partial charge in [-0.05, 0) is 42.5 Å². The molecule has 0 fully saturated rings. The average Bonchev–Trinajstić information content (AvgIpc) is 3.12. The van der Waals surface area contributed by atoms with Gasteiger partial charge < -0.3 is 5.11 Å². The molecular formula is C22H11ClF4N2O3. The highest BCUT2D eigenvalue weighted by Gasteiger charge is 2.37. The summed E-state index contributed by atoms with van der Waals surface area (Å²) in [6, 6.07) is 9.08. The molecule has 0 radical (unpaired) electrons. The molecule has 4 rings (SSSR count). The summed E-state index contributed by atoms with van der Waals surface area (Å²) in [4.78, 5) is 28.4. The fourth-order valence-corrected chi connectivity index (χ4v) is 3.64. The Labute approximate surface area is 182 Å². The second-order valence-corrected chi connectivity index (χ2v) is 7.16. The first kappa shape index (κ1) is 21.5. The molecule has 0 aliphatic heterocycles. The minimum atomic E-state index is -4.83. The van der Waals surface area contributed by atoms with Crippen molar-refractivity contribution in [1.82, 2.24) is 9.55 Å². The lowest BCUT2D eigenvalue weighted by Crippen LogP contribution is -2.14. The van der Waals surface area contributed by atoms with Gasteiger partial charge in [-0.1, -0.05) is 17.7 Å². The molecule has 0 saturated heterocycles. The van der Waals surface area contributed by atoms with Crippen molar-refractivity contribution >= 4 is 34.4 Å². The summed E-state index contributed by atoms with van der Waals surface area (Å²) in [5.74, 6) is -3.26. The van der Waals surface area contributed by atoms with E-state index < -0.39 is 34.9 Å². The number of alkyl halides is 3. The van der Waals surface area contributed by atoms with Crippen LogP contribution in [0.25, 0.3) is 16.7 Å². The van der Waals surface area contributed by atoms with Crippen molar-refractivity contribution in [2.75, 3.05) is 0 Å². The normalized spacial score (nSPS) is 11.7. The van der Waals surface area contributed by atoms with E-state index in [1.165, 1.54) is 35.0 Å². The minimum Gasteiger partial charge on any atom is -0.478 e. The average molecular weight is 463 g/mol. The number of halogens is 5. The van der Waals surface area contributed by atoms with Crippen molar-refractivity contribution in [3.05, 3.63) is 94.0 Å². The van der Waals surface area contributed by atoms with Gasteiger partial charge in [-0.2, -0.15) is 13.2 Å². The molecular weight excluding hydrogens is 452 g/mol. The summed E-state index contributed by atoms with van der Waals surface area (Å²) in [5.41, 5.74) is -2.43. The third kappa shape index (κ3) is 3.60. The lowest BCUT2D eigenvalue weighted by molar-refractivity contribution is -0.137. The minimum absolute atomic E-state index is 0.0958. The quantitative estimate of drug-likeness (QED) is 0.309. The third-order valence-electron chi connectivity index (χ3n) is 4.81. The van der Waals surface area contributed by atoms with Gasteiger partial charge in [-0.15, -0.1) is 0 Å². The van der Waals surface area contributed by atoms with Crippen molar-refractivity contribution in [3.63, 3.8) is 0 Å². The number of benzene rings is 2. The molecule has 0 aliphatic carbocycles. The molecule has 2 aromatic carbocycles. The number of rotatable bonds is 4. The standard InChI is InChI=1S/C22H11ClF4N2O3/c23-15-5-1-4-14(22(25,26)27)18(15)19(30)13-10-29(20-12(13)3-2-8-28-20)17-7-6-11(21(31)32)9-16(17)24/h1-10H,(H,31,32). The second-order valence-electron chi connectivity index (χ2n) is 6.75. The SMILES string of the molecule is O=C(O)c1ccc(-n2cc(C(=O)c3c(Cl)cccc3C(F)(F)F)c3cccnc32)c(F)c1. The van der Waals surface area contributed by atoms with Crippen LogP contribution in [0.15, 0.2) is 60.9 Å². The molecule has 32 heavy (non-hydrogen) atoms. The zero-order chi connectivity index (χ0) is 23.2. The maximum absolute atomic E-state index is 14.7. The van der Waals surface area contributed by atoms with Gasteiger partial charge in [0.25, 0.3) is 0 Å². The Morgan fingerprint density at radius 2 is 1.81 bits per heavy atom. The summed E-state index contributed by atoms with van der Waals surface area (Å²) in [6.45, 7) is 0. The van der Waals surface area contributed by atoms with Crippen LogP contribution in [-0.4, -0.2) is 26.4 Å². The van der Waals surface area contributed by atoms with Crippen LogP contribution >= 0.6 is 11.6 Å². The van der Waals surface area contributed by atoms with E-state index in [0.29, 0.717) is 0 Å². The van der Waals surface area contributed by atoms with E-state index in [4.69, 9.17) is 16.7 Å². The first-order chi connectivity index (χ1) is 15.1. The monoisotopic (exact) mass is 462 g/mol. The number of nitrogens with zero attached hydrogens (tertiary/aromatic N) is 2. The van der Waals surface area contributed by atoms with Gasteiger partial charge in [0.1, 0.15) is 11.5 Å². The molecule has 0 amide bonds. The fraction of sp³-hybridized carbons (Fsp3) is 0.0455. The molecule has 2 heterocycles. The van der Waals surface area contributed by atoms with Gasteiger partial charge in [0.2, 0.25) is 0 Å². The fourth-order valence-electron chi connectivity index (χ4n) is 3.38. The predicted molar refractivity (Wildman–Crippen MR) is 108 cm³/mol. The van der Waals surface area contributed by atoms with E-state index in [1.807, 2.05) is 0 Å². The number of carboxylic acid groups (broad SMARTS) is 1. The Balaban J connectivity index is 1.95. The lowest BCUT2D eigenvalue weighted by Gasteiger charge is -2.13. The van der Waals surface area contributed by atoms with Crippen LogP contribution in [0.1, 0.15) is 31.8 Å². The molecule has 162 valence electrons. The predicted octanol–water partition coefficient (Wildman–Crippen LogP) is 5.77. The zero-order valence-electron chi connectivity index (χ0n) is 15.8. The Bertz CT molecular complexity index is 1400. The van der Waals surface area contributed by atoms with Crippen LogP contribution < -0.4 is 0 Å². The molecule has 4 aromatic rings. The number of carboxylic acids is 1. The molecule has 10 heteroatoms. The molecule has 0 saturated carbocycles. The molecule has 0 atom stereocenters. The summed E-state index contributed by atoms with van der Waals surface area (Å²) in [7, 11) is 0. The van der Waals surface area contributed by atoms with Crippen LogP contribution in [0.3, 0.4) is 0 Å². The van der Waals surface area contributed by atoms with E-state index in [0.717, 1.165) is 30.5 Å². The van der Waals surface area contributed by atoms with Crippen molar-refractivity contribution in [3.8, 4) is 5.69 Å². The summed E-state index contributed by atoms with van der Waals surface area (Å²) in [6.07, 6.45) is -2.30. The number of fused-ring (bicyclic) bond motifs is 1. The molecule has 0 unspecified atom stereocenters. The number of hydrogen-bond acceptors (Lipinski definition) is 3.